The van der Waals surface area contributed by atoms with E-state index in [1.807, 2.05) is 13.8 Å². The maximum Gasteiger partial charge on any atom is 0.000865 e. The van der Waals surface area contributed by atoms with Gasteiger partial charge in [0.2, 0.25) is 0 Å². The Hall–Kier alpha value is -0.610. The average Bonchev–Trinajstić information content (AvgIpc) is 2.39. The molecule has 1 atom stereocenters. The van der Waals surface area contributed by atoms with Gasteiger partial charge in [-0.25, -0.2) is 0 Å². The van der Waals surface area contributed by atoms with Crippen molar-refractivity contribution in [1.82, 2.24) is 0 Å². The molecule has 1 unspecified atom stereocenters. The fraction of sp³-hybridized carbons (Fsp3) is 0.500. The average molecular weight is 250 g/mol. The lowest BCUT2D eigenvalue weighted by atomic mass is 9.97. The molecule has 1 aromatic carbocycles. The Balaban J connectivity index is 0.00000121. The van der Waals surface area contributed by atoms with Crippen LogP contribution >= 0.6 is 7.92 Å². The summed E-state index contributed by atoms with van der Waals surface area (Å²) in [5, 5.41) is 0. The molecular formula is C16H27P. The van der Waals surface area contributed by atoms with Gasteiger partial charge in [0.05, 0.1) is 0 Å². The third-order valence-electron chi connectivity index (χ3n) is 3.02. The minimum atomic E-state index is 0.0584. The summed E-state index contributed by atoms with van der Waals surface area (Å²) in [5.41, 5.74) is 4.71. The summed E-state index contributed by atoms with van der Waals surface area (Å²) in [4.78, 5) is 0. The summed E-state index contributed by atoms with van der Waals surface area (Å²) in [6.45, 7) is 17.4. The number of aryl methyl sites for hydroxylation is 1. The molecule has 0 heterocycles. The van der Waals surface area contributed by atoms with Crippen molar-refractivity contribution in [2.75, 3.05) is 13.3 Å². The van der Waals surface area contributed by atoms with Crippen LogP contribution in [0.15, 0.2) is 30.8 Å². The van der Waals surface area contributed by atoms with E-state index in [0.717, 1.165) is 6.42 Å². The molecule has 1 rings (SSSR count). The predicted molar refractivity (Wildman–Crippen MR) is 84.4 cm³/mol. The molecule has 0 saturated carbocycles. The van der Waals surface area contributed by atoms with Gasteiger partial charge in [-0.1, -0.05) is 58.5 Å². The van der Waals surface area contributed by atoms with Gasteiger partial charge in [-0.15, -0.1) is 7.92 Å². The van der Waals surface area contributed by atoms with E-state index in [4.69, 9.17) is 0 Å². The van der Waals surface area contributed by atoms with Crippen molar-refractivity contribution in [3.63, 3.8) is 0 Å². The lowest BCUT2D eigenvalue weighted by molar-refractivity contribution is 1.11. The van der Waals surface area contributed by atoms with Crippen molar-refractivity contribution < 1.29 is 0 Å². The molecule has 0 fully saturated rings. The molecule has 1 aromatic rings. The van der Waals surface area contributed by atoms with Crippen LogP contribution < -0.4 is 0 Å². The highest BCUT2D eigenvalue weighted by atomic mass is 31.1. The lowest BCUT2D eigenvalue weighted by Gasteiger charge is -2.21. The van der Waals surface area contributed by atoms with Gasteiger partial charge in [0.1, 0.15) is 0 Å². The summed E-state index contributed by atoms with van der Waals surface area (Å²) < 4.78 is 0. The zero-order valence-corrected chi connectivity index (χ0v) is 13.1. The molecule has 0 N–H and O–H groups in total. The highest BCUT2D eigenvalue weighted by Gasteiger charge is 2.13. The quantitative estimate of drug-likeness (QED) is 0.626. The summed E-state index contributed by atoms with van der Waals surface area (Å²) >= 11 is 0. The molecule has 0 amide bonds. The van der Waals surface area contributed by atoms with E-state index in [2.05, 4.69) is 58.0 Å². The van der Waals surface area contributed by atoms with Crippen LogP contribution in [0.4, 0.5) is 0 Å². The first-order chi connectivity index (χ1) is 8.07. The van der Waals surface area contributed by atoms with Crippen LogP contribution in [-0.4, -0.2) is 19.0 Å². The minimum absolute atomic E-state index is 0.0584. The second kappa shape index (κ2) is 8.48. The molecule has 0 saturated heterocycles. The monoisotopic (exact) mass is 250 g/mol. The van der Waals surface area contributed by atoms with Crippen molar-refractivity contribution in [2.24, 2.45) is 0 Å². The van der Waals surface area contributed by atoms with Crippen molar-refractivity contribution in [3.8, 4) is 0 Å². The standard InChI is InChI=1S/C14H21P.C2H6/c1-6-13-9-7-8-10-14(13)11(2)12(3)15(4)5;1-2/h7-10,12H,2,6H2,1,3-5H3;1-2H3. The summed E-state index contributed by atoms with van der Waals surface area (Å²) in [5.74, 6) is 0. The Bertz CT molecular complexity index is 339. The largest absolute Gasteiger partial charge is 0.106 e. The van der Waals surface area contributed by atoms with Crippen molar-refractivity contribution in [3.05, 3.63) is 42.0 Å². The highest BCUT2D eigenvalue weighted by molar-refractivity contribution is 7.57. The van der Waals surface area contributed by atoms with Gasteiger partial charge in [0.25, 0.3) is 0 Å². The molecule has 0 aliphatic heterocycles. The highest BCUT2D eigenvalue weighted by Crippen LogP contribution is 2.40. The van der Waals surface area contributed by atoms with E-state index in [1.54, 1.807) is 0 Å². The number of hydrogen-bond acceptors (Lipinski definition) is 0. The van der Waals surface area contributed by atoms with Crippen LogP contribution in [0.2, 0.25) is 0 Å². The normalized spacial score (nSPS) is 11.7. The van der Waals surface area contributed by atoms with E-state index in [9.17, 15) is 0 Å². The van der Waals surface area contributed by atoms with E-state index < -0.39 is 0 Å². The number of rotatable bonds is 4. The fourth-order valence-corrected chi connectivity index (χ4v) is 2.44. The molecule has 17 heavy (non-hydrogen) atoms. The summed E-state index contributed by atoms with van der Waals surface area (Å²) in [6, 6.07) is 8.64. The Morgan fingerprint density at radius 2 is 1.76 bits per heavy atom. The van der Waals surface area contributed by atoms with Gasteiger partial charge in [-0.2, -0.15) is 0 Å². The van der Waals surface area contributed by atoms with Crippen LogP contribution in [-0.2, 0) is 6.42 Å². The molecular weight excluding hydrogens is 223 g/mol. The van der Waals surface area contributed by atoms with E-state index in [-0.39, 0.29) is 7.92 Å². The number of benzene rings is 1. The topological polar surface area (TPSA) is 0 Å². The van der Waals surface area contributed by atoms with Crippen LogP contribution in [0, 0.1) is 0 Å². The zero-order valence-electron chi connectivity index (χ0n) is 12.2. The van der Waals surface area contributed by atoms with Crippen LogP contribution in [0.3, 0.4) is 0 Å². The summed E-state index contributed by atoms with van der Waals surface area (Å²) in [6.07, 6.45) is 1.09. The van der Waals surface area contributed by atoms with Crippen molar-refractivity contribution in [1.29, 1.82) is 0 Å². The first kappa shape index (κ1) is 16.4. The second-order valence-electron chi connectivity index (χ2n) is 4.18. The maximum atomic E-state index is 4.27. The molecule has 0 aromatic heterocycles. The third-order valence-corrected chi connectivity index (χ3v) is 4.88. The van der Waals surface area contributed by atoms with Gasteiger partial charge >= 0.3 is 0 Å². The van der Waals surface area contributed by atoms with Gasteiger partial charge in [-0.05, 0) is 36.5 Å². The smallest absolute Gasteiger partial charge is 0.000865 e. The summed E-state index contributed by atoms with van der Waals surface area (Å²) in [7, 11) is 0.0584. The molecule has 0 aliphatic rings. The van der Waals surface area contributed by atoms with Gasteiger partial charge < -0.3 is 0 Å². The molecule has 96 valence electrons. The second-order valence-corrected chi connectivity index (χ2v) is 6.88. The zero-order chi connectivity index (χ0) is 13.4. The molecule has 1 heteroatoms. The third kappa shape index (κ3) is 4.64. The molecule has 0 nitrogen and oxygen atoms in total. The fourth-order valence-electron chi connectivity index (χ4n) is 1.68. The predicted octanol–water partition coefficient (Wildman–Crippen LogP) is 5.42. The molecule has 0 radical (unpaired) electrons. The van der Waals surface area contributed by atoms with Gasteiger partial charge in [0.15, 0.2) is 0 Å². The molecule has 0 bridgehead atoms. The van der Waals surface area contributed by atoms with E-state index in [1.165, 1.54) is 16.7 Å². The number of allylic oxidation sites excluding steroid dienone is 1. The van der Waals surface area contributed by atoms with Crippen molar-refractivity contribution in [2.45, 2.75) is 39.8 Å². The van der Waals surface area contributed by atoms with Crippen LogP contribution in [0.1, 0.15) is 38.8 Å². The lowest BCUT2D eigenvalue weighted by Crippen LogP contribution is -2.03. The van der Waals surface area contributed by atoms with Crippen molar-refractivity contribution >= 4 is 13.5 Å². The van der Waals surface area contributed by atoms with Crippen LogP contribution in [0.25, 0.3) is 5.57 Å². The molecule has 0 spiro atoms. The Morgan fingerprint density at radius 3 is 2.24 bits per heavy atom. The molecule has 0 aliphatic carbocycles. The van der Waals surface area contributed by atoms with Gasteiger partial charge in [-0.3, -0.25) is 0 Å². The Morgan fingerprint density at radius 1 is 1.24 bits per heavy atom. The maximum absolute atomic E-state index is 4.27. The minimum Gasteiger partial charge on any atom is -0.106 e. The Kier molecular flexibility index (Phi) is 8.17. The first-order valence-electron chi connectivity index (χ1n) is 6.51. The SMILES string of the molecule is C=C(c1ccccc1CC)C(C)P(C)C.CC. The number of hydrogen-bond donors (Lipinski definition) is 0. The Labute approximate surface area is 109 Å². The van der Waals surface area contributed by atoms with Crippen LogP contribution in [0.5, 0.6) is 0 Å². The first-order valence-corrected chi connectivity index (χ1v) is 8.82. The van der Waals surface area contributed by atoms with Gasteiger partial charge in [0, 0.05) is 5.66 Å². The van der Waals surface area contributed by atoms with E-state index in [0.29, 0.717) is 5.66 Å². The van der Waals surface area contributed by atoms with E-state index >= 15 is 0 Å².